The first-order chi connectivity index (χ1) is 10.3. The highest BCUT2D eigenvalue weighted by atomic mass is 127. The van der Waals surface area contributed by atoms with Crippen molar-refractivity contribution in [2.24, 2.45) is 21.7 Å². The molecule has 0 radical (unpaired) electrons. The van der Waals surface area contributed by atoms with Crippen LogP contribution >= 0.6 is 24.0 Å². The molecule has 0 amide bonds. The van der Waals surface area contributed by atoms with Gasteiger partial charge in [0.2, 0.25) is 0 Å². The lowest BCUT2D eigenvalue weighted by molar-refractivity contribution is 0.104. The highest BCUT2D eigenvalue weighted by Crippen LogP contribution is 2.56. The van der Waals surface area contributed by atoms with E-state index in [2.05, 4.69) is 15.2 Å². The van der Waals surface area contributed by atoms with Crippen LogP contribution in [0.15, 0.2) is 4.99 Å². The lowest BCUT2D eigenvalue weighted by Gasteiger charge is -2.43. The van der Waals surface area contributed by atoms with Gasteiger partial charge in [-0.1, -0.05) is 6.42 Å². The Labute approximate surface area is 151 Å². The Morgan fingerprint density at radius 1 is 1.27 bits per heavy atom. The summed E-state index contributed by atoms with van der Waals surface area (Å²) in [6.45, 7) is 5.31. The zero-order valence-corrected chi connectivity index (χ0v) is 16.1. The fraction of sp³-hybridized carbons (Fsp3) is 0.941. The molecular weight excluding hydrogens is 389 g/mol. The quantitative estimate of drug-likeness (QED) is 0.434. The highest BCUT2D eigenvalue weighted by Gasteiger charge is 2.49. The largest absolute Gasteiger partial charge is 0.381 e. The van der Waals surface area contributed by atoms with Crippen molar-refractivity contribution in [2.75, 3.05) is 39.9 Å². The van der Waals surface area contributed by atoms with E-state index in [1.165, 1.54) is 44.9 Å². The number of ether oxygens (including phenoxy) is 1. The summed E-state index contributed by atoms with van der Waals surface area (Å²) in [6.07, 6.45) is 9.71. The Balaban J connectivity index is 0.00000144. The molecule has 5 heteroatoms. The van der Waals surface area contributed by atoms with Crippen LogP contribution in [-0.2, 0) is 4.74 Å². The third-order valence-corrected chi connectivity index (χ3v) is 6.53. The predicted molar refractivity (Wildman–Crippen MR) is 99.8 cm³/mol. The van der Waals surface area contributed by atoms with E-state index in [1.807, 2.05) is 7.05 Å². The van der Waals surface area contributed by atoms with Crippen molar-refractivity contribution in [3.63, 3.8) is 0 Å². The Hall–Kier alpha value is -0.0400. The monoisotopic (exact) mass is 419 g/mol. The molecule has 1 unspecified atom stereocenters. The van der Waals surface area contributed by atoms with Crippen molar-refractivity contribution < 1.29 is 4.74 Å². The second kappa shape index (κ2) is 6.46. The number of guanidine groups is 1. The SMILES string of the molecule is CN=C(NCC1(C2CC2)CCC1)N1CCC2(CCOC2)C1.I. The molecule has 2 aliphatic carbocycles. The molecule has 2 heterocycles. The molecule has 0 aromatic heterocycles. The molecule has 2 saturated carbocycles. The first kappa shape index (κ1) is 16.8. The zero-order valence-electron chi connectivity index (χ0n) is 13.8. The van der Waals surface area contributed by atoms with Gasteiger partial charge in [0.05, 0.1) is 6.61 Å². The fourth-order valence-corrected chi connectivity index (χ4v) is 4.73. The third-order valence-electron chi connectivity index (χ3n) is 6.53. The lowest BCUT2D eigenvalue weighted by Crippen LogP contribution is -2.48. The highest BCUT2D eigenvalue weighted by molar-refractivity contribution is 14.0. The fourth-order valence-electron chi connectivity index (χ4n) is 4.73. The maximum Gasteiger partial charge on any atom is 0.193 e. The van der Waals surface area contributed by atoms with Crippen molar-refractivity contribution in [2.45, 2.75) is 44.9 Å². The molecule has 1 spiro atoms. The van der Waals surface area contributed by atoms with Crippen molar-refractivity contribution in [3.8, 4) is 0 Å². The third kappa shape index (κ3) is 2.99. The number of aliphatic imine (C=N–C) groups is 1. The van der Waals surface area contributed by atoms with E-state index in [0.717, 1.165) is 44.7 Å². The van der Waals surface area contributed by atoms with Crippen LogP contribution in [0, 0.1) is 16.7 Å². The van der Waals surface area contributed by atoms with Gasteiger partial charge in [0, 0.05) is 38.7 Å². The maximum absolute atomic E-state index is 5.64. The molecule has 0 aromatic rings. The normalized spacial score (nSPS) is 33.7. The van der Waals surface area contributed by atoms with Gasteiger partial charge in [-0.05, 0) is 49.9 Å². The minimum Gasteiger partial charge on any atom is -0.381 e. The second-order valence-corrected chi connectivity index (χ2v) is 7.87. The summed E-state index contributed by atoms with van der Waals surface area (Å²) in [7, 11) is 1.93. The van der Waals surface area contributed by atoms with E-state index < -0.39 is 0 Å². The average molecular weight is 419 g/mol. The second-order valence-electron chi connectivity index (χ2n) is 7.87. The van der Waals surface area contributed by atoms with Gasteiger partial charge in [-0.2, -0.15) is 0 Å². The molecule has 1 atom stereocenters. The Morgan fingerprint density at radius 2 is 2.09 bits per heavy atom. The van der Waals surface area contributed by atoms with Crippen LogP contribution < -0.4 is 5.32 Å². The molecule has 4 nitrogen and oxygen atoms in total. The topological polar surface area (TPSA) is 36.9 Å². The molecule has 2 saturated heterocycles. The van der Waals surface area contributed by atoms with E-state index in [0.29, 0.717) is 10.8 Å². The van der Waals surface area contributed by atoms with Crippen molar-refractivity contribution in [1.82, 2.24) is 10.2 Å². The van der Waals surface area contributed by atoms with Crippen LogP contribution in [0.5, 0.6) is 0 Å². The zero-order chi connectivity index (χ0) is 14.3. The smallest absolute Gasteiger partial charge is 0.193 e. The van der Waals surface area contributed by atoms with E-state index in [9.17, 15) is 0 Å². The molecule has 2 aliphatic heterocycles. The van der Waals surface area contributed by atoms with E-state index in [4.69, 9.17) is 4.74 Å². The number of nitrogens with one attached hydrogen (secondary N) is 1. The Kier molecular flexibility index (Phi) is 4.93. The molecule has 126 valence electrons. The van der Waals surface area contributed by atoms with E-state index in [1.54, 1.807) is 0 Å². The number of hydrogen-bond acceptors (Lipinski definition) is 2. The number of nitrogens with zero attached hydrogens (tertiary/aromatic N) is 2. The molecule has 0 bridgehead atoms. The standard InChI is InChI=1S/C17H29N3O.HI/c1-18-15(19-11-17(5-2-6-17)14-3-4-14)20-9-7-16(12-20)8-10-21-13-16;/h14H,2-13H2,1H3,(H,18,19);1H. The molecular formula is C17H30IN3O. The molecule has 4 aliphatic rings. The van der Waals surface area contributed by atoms with Gasteiger partial charge in [0.15, 0.2) is 5.96 Å². The minimum absolute atomic E-state index is 0. The Bertz CT molecular complexity index is 426. The van der Waals surface area contributed by atoms with Crippen LogP contribution in [-0.4, -0.2) is 50.8 Å². The van der Waals surface area contributed by atoms with Gasteiger partial charge >= 0.3 is 0 Å². The van der Waals surface area contributed by atoms with Gasteiger partial charge in [-0.25, -0.2) is 0 Å². The van der Waals surface area contributed by atoms with E-state index >= 15 is 0 Å². The molecule has 4 fully saturated rings. The first-order valence-corrected chi connectivity index (χ1v) is 8.79. The van der Waals surface area contributed by atoms with Crippen LogP contribution in [0.3, 0.4) is 0 Å². The van der Waals surface area contributed by atoms with Gasteiger partial charge in [-0.15, -0.1) is 24.0 Å². The maximum atomic E-state index is 5.64. The van der Waals surface area contributed by atoms with Crippen molar-refractivity contribution in [1.29, 1.82) is 0 Å². The molecule has 4 rings (SSSR count). The summed E-state index contributed by atoms with van der Waals surface area (Å²) in [5.74, 6) is 2.13. The van der Waals surface area contributed by atoms with E-state index in [-0.39, 0.29) is 24.0 Å². The summed E-state index contributed by atoms with van der Waals surface area (Å²) < 4.78 is 5.64. The number of hydrogen-bond donors (Lipinski definition) is 1. The van der Waals surface area contributed by atoms with Crippen molar-refractivity contribution >= 4 is 29.9 Å². The first-order valence-electron chi connectivity index (χ1n) is 8.79. The van der Waals surface area contributed by atoms with Crippen LogP contribution in [0.25, 0.3) is 0 Å². The summed E-state index contributed by atoms with van der Waals surface area (Å²) >= 11 is 0. The number of halogens is 1. The predicted octanol–water partition coefficient (Wildman–Crippen LogP) is 2.87. The Morgan fingerprint density at radius 3 is 2.64 bits per heavy atom. The number of rotatable bonds is 3. The molecule has 1 N–H and O–H groups in total. The summed E-state index contributed by atoms with van der Waals surface area (Å²) in [6, 6.07) is 0. The molecule has 0 aromatic carbocycles. The number of likely N-dealkylation sites (tertiary alicyclic amines) is 1. The van der Waals surface area contributed by atoms with Crippen LogP contribution in [0.2, 0.25) is 0 Å². The summed E-state index contributed by atoms with van der Waals surface area (Å²) in [4.78, 5) is 7.02. The van der Waals surface area contributed by atoms with Crippen molar-refractivity contribution in [3.05, 3.63) is 0 Å². The summed E-state index contributed by atoms with van der Waals surface area (Å²) in [5, 5.41) is 3.72. The van der Waals surface area contributed by atoms with Crippen LogP contribution in [0.4, 0.5) is 0 Å². The van der Waals surface area contributed by atoms with Gasteiger partial charge in [0.1, 0.15) is 0 Å². The summed E-state index contributed by atoms with van der Waals surface area (Å²) in [5.41, 5.74) is 1.03. The minimum atomic E-state index is 0. The van der Waals surface area contributed by atoms with Gasteiger partial charge in [-0.3, -0.25) is 4.99 Å². The van der Waals surface area contributed by atoms with Crippen LogP contribution in [0.1, 0.15) is 44.9 Å². The van der Waals surface area contributed by atoms with Gasteiger partial charge in [0.25, 0.3) is 0 Å². The average Bonchev–Trinajstić information content (AvgIpc) is 3.06. The lowest BCUT2D eigenvalue weighted by atomic mass is 9.65. The van der Waals surface area contributed by atoms with Gasteiger partial charge < -0.3 is 15.0 Å². The molecule has 22 heavy (non-hydrogen) atoms.